The van der Waals surface area contributed by atoms with Crippen molar-refractivity contribution in [1.82, 2.24) is 0 Å². The minimum absolute atomic E-state index is 0.752. The standard InChI is InChI=1S/C15H27N/c16-14-10-6-4-2-1-3-5-7-11-15-12-8-9-13-15/h15H,1-13H2. The largest absolute Gasteiger partial charge is 0.198 e. The van der Waals surface area contributed by atoms with Crippen molar-refractivity contribution in [3.8, 4) is 6.07 Å². The first-order valence-electron chi connectivity index (χ1n) is 7.30. The van der Waals surface area contributed by atoms with Gasteiger partial charge >= 0.3 is 0 Å². The van der Waals surface area contributed by atoms with Gasteiger partial charge in [0.2, 0.25) is 0 Å². The smallest absolute Gasteiger partial charge is 0.0621 e. The summed E-state index contributed by atoms with van der Waals surface area (Å²) in [7, 11) is 0. The molecule has 0 aromatic carbocycles. The van der Waals surface area contributed by atoms with Gasteiger partial charge in [0, 0.05) is 6.42 Å². The lowest BCUT2D eigenvalue weighted by atomic mass is 9.99. The monoisotopic (exact) mass is 221 g/mol. The van der Waals surface area contributed by atoms with Crippen LogP contribution < -0.4 is 0 Å². The quantitative estimate of drug-likeness (QED) is 0.490. The Morgan fingerprint density at radius 3 is 2.00 bits per heavy atom. The molecule has 0 N–H and O–H groups in total. The molecule has 1 fully saturated rings. The SMILES string of the molecule is N#CCCCCCCCCCC1CCCC1. The number of nitrogens with zero attached hydrogens (tertiary/aromatic N) is 1. The number of hydrogen-bond acceptors (Lipinski definition) is 1. The van der Waals surface area contributed by atoms with Crippen LogP contribution in [0.2, 0.25) is 0 Å². The molecule has 1 saturated carbocycles. The molecule has 0 aromatic heterocycles. The van der Waals surface area contributed by atoms with E-state index in [-0.39, 0.29) is 0 Å². The molecule has 0 radical (unpaired) electrons. The van der Waals surface area contributed by atoms with E-state index in [0.717, 1.165) is 18.8 Å². The second-order valence-electron chi connectivity index (χ2n) is 5.32. The van der Waals surface area contributed by atoms with Crippen LogP contribution in [0.15, 0.2) is 0 Å². The average molecular weight is 221 g/mol. The first-order chi connectivity index (χ1) is 7.93. The first-order valence-corrected chi connectivity index (χ1v) is 7.30. The molecule has 1 rings (SSSR count). The average Bonchev–Trinajstić information content (AvgIpc) is 2.80. The highest BCUT2D eigenvalue weighted by molar-refractivity contribution is 4.68. The lowest BCUT2D eigenvalue weighted by Gasteiger charge is -2.07. The Hall–Kier alpha value is -0.510. The van der Waals surface area contributed by atoms with E-state index < -0.39 is 0 Å². The van der Waals surface area contributed by atoms with E-state index in [9.17, 15) is 0 Å². The number of unbranched alkanes of at least 4 members (excludes halogenated alkanes) is 7. The van der Waals surface area contributed by atoms with Crippen LogP contribution in [0.3, 0.4) is 0 Å². The molecule has 0 aliphatic heterocycles. The zero-order chi connectivity index (χ0) is 11.5. The molecule has 0 amide bonds. The third-order valence-corrected chi connectivity index (χ3v) is 3.88. The van der Waals surface area contributed by atoms with Crippen molar-refractivity contribution in [2.24, 2.45) is 5.92 Å². The maximum Gasteiger partial charge on any atom is 0.0621 e. The Kier molecular flexibility index (Phi) is 8.22. The predicted octanol–water partition coefficient (Wildman–Crippen LogP) is 5.21. The van der Waals surface area contributed by atoms with Gasteiger partial charge in [-0.25, -0.2) is 0 Å². The molecule has 0 bridgehead atoms. The van der Waals surface area contributed by atoms with E-state index in [2.05, 4.69) is 6.07 Å². The zero-order valence-corrected chi connectivity index (χ0v) is 10.7. The van der Waals surface area contributed by atoms with Gasteiger partial charge in [-0.2, -0.15) is 5.26 Å². The van der Waals surface area contributed by atoms with Gasteiger partial charge in [-0.05, 0) is 12.3 Å². The van der Waals surface area contributed by atoms with Crippen molar-refractivity contribution >= 4 is 0 Å². The predicted molar refractivity (Wildman–Crippen MR) is 69.1 cm³/mol. The van der Waals surface area contributed by atoms with Gasteiger partial charge < -0.3 is 0 Å². The fourth-order valence-corrected chi connectivity index (χ4v) is 2.82. The van der Waals surface area contributed by atoms with Crippen LogP contribution in [0.25, 0.3) is 0 Å². The second-order valence-corrected chi connectivity index (χ2v) is 5.32. The summed E-state index contributed by atoms with van der Waals surface area (Å²) in [6.45, 7) is 0. The van der Waals surface area contributed by atoms with Crippen molar-refractivity contribution in [2.75, 3.05) is 0 Å². The topological polar surface area (TPSA) is 23.8 Å². The van der Waals surface area contributed by atoms with Crippen molar-refractivity contribution < 1.29 is 0 Å². The summed E-state index contributed by atoms with van der Waals surface area (Å²) in [5, 5.41) is 8.39. The number of nitriles is 1. The van der Waals surface area contributed by atoms with Crippen molar-refractivity contribution in [2.45, 2.75) is 83.5 Å². The highest BCUT2D eigenvalue weighted by Gasteiger charge is 2.13. The van der Waals surface area contributed by atoms with E-state index >= 15 is 0 Å². The van der Waals surface area contributed by atoms with Crippen molar-refractivity contribution in [3.63, 3.8) is 0 Å². The third kappa shape index (κ3) is 6.88. The summed E-state index contributed by atoms with van der Waals surface area (Å²) in [5.41, 5.74) is 0. The molecule has 0 heterocycles. The maximum absolute atomic E-state index is 8.39. The van der Waals surface area contributed by atoms with E-state index in [1.807, 2.05) is 0 Å². The summed E-state index contributed by atoms with van der Waals surface area (Å²) in [6, 6.07) is 2.21. The Morgan fingerprint density at radius 1 is 0.812 bits per heavy atom. The van der Waals surface area contributed by atoms with Gasteiger partial charge in [-0.15, -0.1) is 0 Å². The highest BCUT2D eigenvalue weighted by Crippen LogP contribution is 2.29. The van der Waals surface area contributed by atoms with Crippen LogP contribution in [0.5, 0.6) is 0 Å². The number of rotatable bonds is 9. The molecule has 92 valence electrons. The van der Waals surface area contributed by atoms with E-state index in [1.165, 1.54) is 70.6 Å². The second kappa shape index (κ2) is 9.70. The minimum Gasteiger partial charge on any atom is -0.198 e. The molecule has 1 aliphatic rings. The molecule has 0 spiro atoms. The van der Waals surface area contributed by atoms with Gasteiger partial charge in [-0.3, -0.25) is 0 Å². The lowest BCUT2D eigenvalue weighted by molar-refractivity contribution is 0.461. The lowest BCUT2D eigenvalue weighted by Crippen LogP contribution is -1.92. The summed E-state index contributed by atoms with van der Waals surface area (Å²) in [5.74, 6) is 1.08. The summed E-state index contributed by atoms with van der Waals surface area (Å²) in [6.07, 6.45) is 17.7. The summed E-state index contributed by atoms with van der Waals surface area (Å²) >= 11 is 0. The van der Waals surface area contributed by atoms with Gasteiger partial charge in [0.1, 0.15) is 0 Å². The van der Waals surface area contributed by atoms with Crippen LogP contribution in [0, 0.1) is 17.2 Å². The Balaban J connectivity index is 1.73. The van der Waals surface area contributed by atoms with Crippen molar-refractivity contribution in [1.29, 1.82) is 5.26 Å². The Labute approximate surface area is 101 Å². The van der Waals surface area contributed by atoms with Crippen LogP contribution in [0.4, 0.5) is 0 Å². The van der Waals surface area contributed by atoms with E-state index in [4.69, 9.17) is 5.26 Å². The molecule has 16 heavy (non-hydrogen) atoms. The first kappa shape index (κ1) is 13.6. The van der Waals surface area contributed by atoms with Crippen LogP contribution in [0.1, 0.15) is 83.5 Å². The number of hydrogen-bond donors (Lipinski definition) is 0. The van der Waals surface area contributed by atoms with Crippen LogP contribution in [-0.2, 0) is 0 Å². The minimum atomic E-state index is 0.752. The molecular formula is C15H27N. The Bertz CT molecular complexity index is 186. The molecule has 0 aromatic rings. The maximum atomic E-state index is 8.39. The highest BCUT2D eigenvalue weighted by atomic mass is 14.2. The van der Waals surface area contributed by atoms with Crippen LogP contribution >= 0.6 is 0 Å². The van der Waals surface area contributed by atoms with Crippen molar-refractivity contribution in [3.05, 3.63) is 0 Å². The molecule has 1 aliphatic carbocycles. The zero-order valence-electron chi connectivity index (χ0n) is 10.7. The fourth-order valence-electron chi connectivity index (χ4n) is 2.82. The summed E-state index contributed by atoms with van der Waals surface area (Å²) in [4.78, 5) is 0. The van der Waals surface area contributed by atoms with Gasteiger partial charge in [-0.1, -0.05) is 70.6 Å². The molecule has 0 unspecified atom stereocenters. The normalized spacial score (nSPS) is 16.4. The molecular weight excluding hydrogens is 194 g/mol. The Morgan fingerprint density at radius 2 is 1.38 bits per heavy atom. The molecule has 0 saturated heterocycles. The van der Waals surface area contributed by atoms with Gasteiger partial charge in [0.15, 0.2) is 0 Å². The molecule has 1 heteroatoms. The van der Waals surface area contributed by atoms with Gasteiger partial charge in [0.05, 0.1) is 6.07 Å². The van der Waals surface area contributed by atoms with Gasteiger partial charge in [0.25, 0.3) is 0 Å². The fraction of sp³-hybridized carbons (Fsp3) is 0.933. The van der Waals surface area contributed by atoms with E-state index in [0.29, 0.717) is 0 Å². The third-order valence-electron chi connectivity index (χ3n) is 3.88. The molecule has 1 nitrogen and oxygen atoms in total. The van der Waals surface area contributed by atoms with E-state index in [1.54, 1.807) is 0 Å². The molecule has 0 atom stereocenters. The van der Waals surface area contributed by atoms with Crippen LogP contribution in [-0.4, -0.2) is 0 Å². The summed E-state index contributed by atoms with van der Waals surface area (Å²) < 4.78 is 0.